The maximum atomic E-state index is 13.3. The molecule has 0 radical (unpaired) electrons. The van der Waals surface area contributed by atoms with Crippen LogP contribution >= 0.6 is 0 Å². The third-order valence-electron chi connectivity index (χ3n) is 5.91. The molecule has 0 saturated carbocycles. The highest BCUT2D eigenvalue weighted by Crippen LogP contribution is 2.43. The average Bonchev–Trinajstić information content (AvgIpc) is 3.09. The summed E-state index contributed by atoms with van der Waals surface area (Å²) in [5, 5.41) is 11.1. The second-order valence-corrected chi connectivity index (χ2v) is 9.11. The van der Waals surface area contributed by atoms with Crippen LogP contribution in [0.3, 0.4) is 0 Å². The molecule has 168 valence electrons. The standard InChI is InChI=1S/C28H27NO4/c1-28(2,3)20-13-15-21(16-14-20)29-24(19-11-8-12-22(17-19)33-4)23(26(31)27(29)32)25(30)18-9-6-5-7-10-18/h5-17,24,30H,1-4H3/b25-23-. The Balaban J connectivity index is 1.91. The Labute approximate surface area is 193 Å². The smallest absolute Gasteiger partial charge is 0.300 e. The maximum absolute atomic E-state index is 13.3. The molecule has 1 aliphatic heterocycles. The van der Waals surface area contributed by atoms with Crippen LogP contribution in [0.15, 0.2) is 84.4 Å². The lowest BCUT2D eigenvalue weighted by molar-refractivity contribution is -0.132. The van der Waals surface area contributed by atoms with Gasteiger partial charge in [-0.05, 0) is 40.8 Å². The maximum Gasteiger partial charge on any atom is 0.300 e. The molecule has 1 N–H and O–H groups in total. The SMILES string of the molecule is COc1cccc(C2/C(=C(/O)c3ccccc3)C(=O)C(=O)N2c2ccc(C(C)(C)C)cc2)c1. The number of carbonyl (C=O) groups is 2. The molecule has 0 aromatic heterocycles. The number of rotatable bonds is 4. The van der Waals surface area contributed by atoms with Crippen LogP contribution in [0.1, 0.15) is 43.5 Å². The van der Waals surface area contributed by atoms with Gasteiger partial charge in [-0.25, -0.2) is 0 Å². The van der Waals surface area contributed by atoms with Crippen LogP contribution in [0.5, 0.6) is 5.75 Å². The number of hydrogen-bond donors (Lipinski definition) is 1. The zero-order valence-electron chi connectivity index (χ0n) is 19.2. The van der Waals surface area contributed by atoms with E-state index in [9.17, 15) is 14.7 Å². The second-order valence-electron chi connectivity index (χ2n) is 9.11. The number of ketones is 1. The van der Waals surface area contributed by atoms with Gasteiger partial charge in [0.25, 0.3) is 11.7 Å². The molecule has 0 spiro atoms. The van der Waals surface area contributed by atoms with Gasteiger partial charge in [0.1, 0.15) is 11.5 Å². The molecule has 1 amide bonds. The molecule has 5 nitrogen and oxygen atoms in total. The molecular weight excluding hydrogens is 414 g/mol. The van der Waals surface area contributed by atoms with Crippen LogP contribution in [0, 0.1) is 0 Å². The Morgan fingerprint density at radius 3 is 2.18 bits per heavy atom. The van der Waals surface area contributed by atoms with Gasteiger partial charge in [-0.2, -0.15) is 0 Å². The molecule has 1 unspecified atom stereocenters. The van der Waals surface area contributed by atoms with Crippen molar-refractivity contribution in [3.05, 3.63) is 101 Å². The Morgan fingerprint density at radius 2 is 1.58 bits per heavy atom. The molecule has 1 saturated heterocycles. The lowest BCUT2D eigenvalue weighted by Gasteiger charge is -2.27. The van der Waals surface area contributed by atoms with Crippen LogP contribution < -0.4 is 9.64 Å². The van der Waals surface area contributed by atoms with Gasteiger partial charge in [0.15, 0.2) is 0 Å². The fraction of sp³-hybridized carbons (Fsp3) is 0.214. The Hall–Kier alpha value is -3.86. The van der Waals surface area contributed by atoms with E-state index in [2.05, 4.69) is 20.8 Å². The Bertz CT molecular complexity index is 1220. The topological polar surface area (TPSA) is 66.8 Å². The summed E-state index contributed by atoms with van der Waals surface area (Å²) >= 11 is 0. The summed E-state index contributed by atoms with van der Waals surface area (Å²) in [5.41, 5.74) is 2.86. The fourth-order valence-corrected chi connectivity index (χ4v) is 4.10. The van der Waals surface area contributed by atoms with Crippen LogP contribution in [-0.4, -0.2) is 23.9 Å². The van der Waals surface area contributed by atoms with Gasteiger partial charge in [-0.3, -0.25) is 14.5 Å². The van der Waals surface area contributed by atoms with E-state index in [-0.39, 0.29) is 16.7 Å². The first-order chi connectivity index (χ1) is 15.7. The van der Waals surface area contributed by atoms with Crippen LogP contribution in [0.25, 0.3) is 5.76 Å². The van der Waals surface area contributed by atoms with Crippen LogP contribution in [-0.2, 0) is 15.0 Å². The number of anilines is 1. The summed E-state index contributed by atoms with van der Waals surface area (Å²) in [6, 6.07) is 22.9. The minimum atomic E-state index is -0.791. The Morgan fingerprint density at radius 1 is 0.909 bits per heavy atom. The van der Waals surface area contributed by atoms with Crippen LogP contribution in [0.4, 0.5) is 5.69 Å². The van der Waals surface area contributed by atoms with Gasteiger partial charge in [-0.15, -0.1) is 0 Å². The van der Waals surface area contributed by atoms with Gasteiger partial charge in [-0.1, -0.05) is 75.4 Å². The first kappa shape index (κ1) is 22.3. The van der Waals surface area contributed by atoms with Crippen molar-refractivity contribution in [2.24, 2.45) is 0 Å². The van der Waals surface area contributed by atoms with E-state index in [0.717, 1.165) is 5.56 Å². The van der Waals surface area contributed by atoms with E-state index in [1.54, 1.807) is 49.6 Å². The Kier molecular flexibility index (Phi) is 5.81. The first-order valence-corrected chi connectivity index (χ1v) is 10.8. The second kappa shape index (κ2) is 8.58. The largest absolute Gasteiger partial charge is 0.507 e. The highest BCUT2D eigenvalue weighted by molar-refractivity contribution is 6.51. The van der Waals surface area contributed by atoms with E-state index in [4.69, 9.17) is 4.74 Å². The van der Waals surface area contributed by atoms with E-state index < -0.39 is 17.7 Å². The molecule has 0 bridgehead atoms. The number of aliphatic hydroxyl groups excluding tert-OH is 1. The number of Topliss-reactive ketones (excluding diaryl/α,β-unsaturated/α-hetero) is 1. The molecule has 1 atom stereocenters. The van der Waals surface area contributed by atoms with Crippen molar-refractivity contribution in [1.29, 1.82) is 0 Å². The molecule has 3 aromatic rings. The highest BCUT2D eigenvalue weighted by atomic mass is 16.5. The normalized spacial score (nSPS) is 17.9. The summed E-state index contributed by atoms with van der Waals surface area (Å²) < 4.78 is 5.38. The summed E-state index contributed by atoms with van der Waals surface area (Å²) in [6.07, 6.45) is 0. The van der Waals surface area contributed by atoms with Crippen molar-refractivity contribution < 1.29 is 19.4 Å². The van der Waals surface area contributed by atoms with Gasteiger partial charge in [0.2, 0.25) is 0 Å². The lowest BCUT2D eigenvalue weighted by Crippen LogP contribution is -2.29. The number of amides is 1. The minimum absolute atomic E-state index is 0.0494. The van der Waals surface area contributed by atoms with Crippen molar-refractivity contribution >= 4 is 23.1 Å². The fourth-order valence-electron chi connectivity index (χ4n) is 4.10. The molecule has 1 heterocycles. The van der Waals surface area contributed by atoms with E-state index in [1.807, 2.05) is 36.4 Å². The van der Waals surface area contributed by atoms with Gasteiger partial charge in [0, 0.05) is 11.3 Å². The molecule has 0 aliphatic carbocycles. The summed E-state index contributed by atoms with van der Waals surface area (Å²) in [4.78, 5) is 28.0. The molecular formula is C28H27NO4. The lowest BCUT2D eigenvalue weighted by atomic mass is 9.87. The third-order valence-corrected chi connectivity index (χ3v) is 5.91. The van der Waals surface area contributed by atoms with E-state index >= 15 is 0 Å². The van der Waals surface area contributed by atoms with Crippen molar-refractivity contribution in [3.8, 4) is 5.75 Å². The average molecular weight is 442 g/mol. The van der Waals surface area contributed by atoms with Crippen molar-refractivity contribution in [2.75, 3.05) is 12.0 Å². The van der Waals surface area contributed by atoms with Crippen LogP contribution in [0.2, 0.25) is 0 Å². The molecule has 33 heavy (non-hydrogen) atoms. The molecule has 3 aromatic carbocycles. The summed E-state index contributed by atoms with van der Waals surface area (Å²) in [6.45, 7) is 6.35. The summed E-state index contributed by atoms with van der Waals surface area (Å²) in [5.74, 6) is -0.996. The van der Waals surface area contributed by atoms with E-state index in [1.165, 1.54) is 4.90 Å². The number of ether oxygens (including phenoxy) is 1. The first-order valence-electron chi connectivity index (χ1n) is 10.8. The number of benzene rings is 3. The monoisotopic (exact) mass is 441 g/mol. The zero-order valence-corrected chi connectivity index (χ0v) is 19.2. The van der Waals surface area contributed by atoms with Crippen molar-refractivity contribution in [2.45, 2.75) is 32.2 Å². The number of aliphatic hydroxyl groups is 1. The van der Waals surface area contributed by atoms with Crippen molar-refractivity contribution in [1.82, 2.24) is 0 Å². The molecule has 5 heteroatoms. The number of carbonyl (C=O) groups excluding carboxylic acids is 2. The van der Waals surface area contributed by atoms with Gasteiger partial charge >= 0.3 is 0 Å². The minimum Gasteiger partial charge on any atom is -0.507 e. The summed E-state index contributed by atoms with van der Waals surface area (Å²) in [7, 11) is 1.56. The molecule has 4 rings (SSSR count). The molecule has 1 aliphatic rings. The predicted molar refractivity (Wildman–Crippen MR) is 129 cm³/mol. The number of methoxy groups -OCH3 is 1. The third kappa shape index (κ3) is 4.14. The highest BCUT2D eigenvalue weighted by Gasteiger charge is 2.47. The van der Waals surface area contributed by atoms with E-state index in [0.29, 0.717) is 22.6 Å². The number of nitrogens with zero attached hydrogens (tertiary/aromatic N) is 1. The van der Waals surface area contributed by atoms with Gasteiger partial charge < -0.3 is 9.84 Å². The quantitative estimate of drug-likeness (QED) is 0.324. The van der Waals surface area contributed by atoms with Gasteiger partial charge in [0.05, 0.1) is 18.7 Å². The molecule has 1 fully saturated rings. The predicted octanol–water partition coefficient (Wildman–Crippen LogP) is 5.62. The number of hydrogen-bond acceptors (Lipinski definition) is 4. The zero-order chi connectivity index (χ0) is 23.8. The van der Waals surface area contributed by atoms with Crippen molar-refractivity contribution in [3.63, 3.8) is 0 Å².